The Morgan fingerprint density at radius 1 is 0.977 bits per heavy atom. The Balaban J connectivity index is 1.40. The fraction of sp³-hybridized carbons (Fsp3) is 0.921. The average molecular weight is 600 g/mol. The van der Waals surface area contributed by atoms with Crippen LogP contribution in [0.25, 0.3) is 0 Å². The van der Waals surface area contributed by atoms with E-state index in [0.717, 1.165) is 45.1 Å². The SMILES string of the molecule is COC(=O)[C@]12CC[C@@H](C)[C@H](C)[C@H]1C1=CC[C@@H]3[C@@]4(C)CC[C@@H](OCC(O)CNCC(C)C)C(C)(C)[C@@H]4CC[C@@]3(C)[C@]1(C)CC2. The number of carbonyl (C=O) groups is 1. The van der Waals surface area contributed by atoms with E-state index in [1.165, 1.54) is 19.3 Å². The van der Waals surface area contributed by atoms with Crippen LogP contribution < -0.4 is 5.32 Å². The van der Waals surface area contributed by atoms with Gasteiger partial charge in [-0.15, -0.1) is 0 Å². The normalized spacial score (nSPS) is 46.1. The fourth-order valence-electron chi connectivity index (χ4n) is 12.1. The summed E-state index contributed by atoms with van der Waals surface area (Å²) in [4.78, 5) is 13.6. The molecule has 5 aliphatic rings. The minimum atomic E-state index is -0.465. The molecule has 0 aromatic rings. The Morgan fingerprint density at radius 3 is 2.37 bits per heavy atom. The molecule has 5 heteroatoms. The molecule has 0 heterocycles. The molecule has 11 atom stereocenters. The molecule has 0 spiro atoms. The molecule has 1 unspecified atom stereocenters. The molecule has 43 heavy (non-hydrogen) atoms. The molecular formula is C38H65NO4. The van der Waals surface area contributed by atoms with Crippen LogP contribution in [-0.4, -0.2) is 50.1 Å². The summed E-state index contributed by atoms with van der Waals surface area (Å²) in [5.41, 5.74) is 1.91. The van der Waals surface area contributed by atoms with E-state index in [1.807, 2.05) is 0 Å². The molecule has 4 fully saturated rings. The third-order valence-electron chi connectivity index (χ3n) is 14.9. The summed E-state index contributed by atoms with van der Waals surface area (Å²) in [6, 6.07) is 0. The summed E-state index contributed by atoms with van der Waals surface area (Å²) in [6.07, 6.45) is 12.4. The molecule has 0 aromatic carbocycles. The lowest BCUT2D eigenvalue weighted by Crippen LogP contribution is -2.65. The Morgan fingerprint density at radius 2 is 1.70 bits per heavy atom. The van der Waals surface area contributed by atoms with Gasteiger partial charge in [0.2, 0.25) is 0 Å². The maximum absolute atomic E-state index is 13.6. The van der Waals surface area contributed by atoms with Crippen molar-refractivity contribution in [3.05, 3.63) is 11.6 Å². The van der Waals surface area contributed by atoms with E-state index < -0.39 is 6.10 Å². The van der Waals surface area contributed by atoms with Gasteiger partial charge in [0.05, 0.1) is 31.3 Å². The molecule has 5 rings (SSSR count). The smallest absolute Gasteiger partial charge is 0.312 e. The molecule has 2 N–H and O–H groups in total. The molecular weight excluding hydrogens is 534 g/mol. The van der Waals surface area contributed by atoms with Crippen molar-refractivity contribution in [1.82, 2.24) is 5.32 Å². The molecule has 0 saturated heterocycles. The maximum Gasteiger partial charge on any atom is 0.312 e. The van der Waals surface area contributed by atoms with Gasteiger partial charge < -0.3 is 19.9 Å². The molecule has 5 aliphatic carbocycles. The van der Waals surface area contributed by atoms with Crippen molar-refractivity contribution in [1.29, 1.82) is 0 Å². The van der Waals surface area contributed by atoms with Crippen LogP contribution in [-0.2, 0) is 14.3 Å². The van der Waals surface area contributed by atoms with Crippen LogP contribution in [0, 0.1) is 62.6 Å². The Bertz CT molecular complexity index is 1070. The Labute approximate surface area is 263 Å². The summed E-state index contributed by atoms with van der Waals surface area (Å²) in [5.74, 6) is 3.26. The van der Waals surface area contributed by atoms with Crippen LogP contribution in [0.2, 0.25) is 0 Å². The van der Waals surface area contributed by atoms with Crippen molar-refractivity contribution >= 4 is 5.97 Å². The minimum Gasteiger partial charge on any atom is -0.469 e. The van der Waals surface area contributed by atoms with Gasteiger partial charge in [-0.2, -0.15) is 0 Å². The third kappa shape index (κ3) is 5.09. The van der Waals surface area contributed by atoms with E-state index >= 15 is 0 Å². The number of methoxy groups -OCH3 is 1. The van der Waals surface area contributed by atoms with E-state index in [2.05, 4.69) is 73.7 Å². The first-order valence-electron chi connectivity index (χ1n) is 17.9. The zero-order valence-electron chi connectivity index (χ0n) is 29.4. The number of hydrogen-bond donors (Lipinski definition) is 2. The van der Waals surface area contributed by atoms with Gasteiger partial charge >= 0.3 is 5.97 Å². The van der Waals surface area contributed by atoms with Crippen LogP contribution >= 0.6 is 0 Å². The lowest BCUT2D eigenvalue weighted by Gasteiger charge is -2.71. The van der Waals surface area contributed by atoms with Crippen molar-refractivity contribution < 1.29 is 19.4 Å². The molecule has 5 nitrogen and oxygen atoms in total. The lowest BCUT2D eigenvalue weighted by molar-refractivity contribution is -0.216. The number of aliphatic hydroxyl groups excluding tert-OH is 1. The van der Waals surface area contributed by atoms with Crippen LogP contribution in [0.3, 0.4) is 0 Å². The van der Waals surface area contributed by atoms with Crippen LogP contribution in [0.1, 0.15) is 120 Å². The molecule has 4 saturated carbocycles. The average Bonchev–Trinajstić information content (AvgIpc) is 2.94. The quantitative estimate of drug-likeness (QED) is 0.220. The highest BCUT2D eigenvalue weighted by molar-refractivity contribution is 5.78. The number of fused-ring (bicyclic) bond motifs is 7. The van der Waals surface area contributed by atoms with Crippen molar-refractivity contribution in [2.24, 2.45) is 62.6 Å². The zero-order valence-corrected chi connectivity index (χ0v) is 29.4. The fourth-order valence-corrected chi connectivity index (χ4v) is 12.1. The second-order valence-electron chi connectivity index (χ2n) is 17.7. The number of ether oxygens (including phenoxy) is 2. The van der Waals surface area contributed by atoms with E-state index in [0.29, 0.717) is 48.7 Å². The Hall–Kier alpha value is -0.910. The summed E-state index contributed by atoms with van der Waals surface area (Å²) in [7, 11) is 1.60. The summed E-state index contributed by atoms with van der Waals surface area (Å²) in [6.45, 7) is 23.9. The summed E-state index contributed by atoms with van der Waals surface area (Å²) < 4.78 is 12.1. The standard InChI is InChI=1S/C38H65NO4/c1-24(2)21-39-22-27(40)23-43-31-15-16-35(7)29(34(31,5)6)14-17-37(9)30(35)12-11-28-32-26(4)25(3)13-18-38(32,33(41)42-10)20-19-36(28,37)8/h11,24-27,29-32,39-40H,12-23H2,1-10H3/t25-,26+,27?,29+,30-,31-,32+,35+,36-,37-,38+/m1/s1. The maximum atomic E-state index is 13.6. The first kappa shape index (κ1) is 33.5. The van der Waals surface area contributed by atoms with Gasteiger partial charge in [0.25, 0.3) is 0 Å². The summed E-state index contributed by atoms with van der Waals surface area (Å²) >= 11 is 0. The number of esters is 1. The first-order chi connectivity index (χ1) is 20.1. The van der Waals surface area contributed by atoms with E-state index in [1.54, 1.807) is 12.7 Å². The number of rotatable bonds is 8. The van der Waals surface area contributed by atoms with Crippen molar-refractivity contribution in [3.8, 4) is 0 Å². The van der Waals surface area contributed by atoms with Crippen LogP contribution in [0.15, 0.2) is 11.6 Å². The number of allylic oxidation sites excluding steroid dienone is 2. The number of aliphatic hydroxyl groups is 1. The predicted molar refractivity (Wildman–Crippen MR) is 174 cm³/mol. The second kappa shape index (κ2) is 11.7. The topological polar surface area (TPSA) is 67.8 Å². The highest BCUT2D eigenvalue weighted by Crippen LogP contribution is 2.76. The summed E-state index contributed by atoms with van der Waals surface area (Å²) in [5, 5.41) is 14.0. The predicted octanol–water partition coefficient (Wildman–Crippen LogP) is 7.81. The number of nitrogens with one attached hydrogen (secondary N) is 1. The lowest BCUT2D eigenvalue weighted by atomic mass is 9.33. The van der Waals surface area contributed by atoms with Crippen LogP contribution in [0.4, 0.5) is 0 Å². The van der Waals surface area contributed by atoms with Crippen molar-refractivity contribution in [3.63, 3.8) is 0 Å². The van der Waals surface area contributed by atoms with Gasteiger partial charge in [0.15, 0.2) is 0 Å². The molecule has 0 amide bonds. The van der Waals surface area contributed by atoms with E-state index in [-0.39, 0.29) is 39.1 Å². The second-order valence-corrected chi connectivity index (χ2v) is 17.7. The molecule has 0 aliphatic heterocycles. The number of carbonyl (C=O) groups excluding carboxylic acids is 1. The van der Waals surface area contributed by atoms with Gasteiger partial charge in [-0.1, -0.05) is 74.0 Å². The van der Waals surface area contributed by atoms with Gasteiger partial charge in [-0.25, -0.2) is 0 Å². The molecule has 0 bridgehead atoms. The largest absolute Gasteiger partial charge is 0.469 e. The van der Waals surface area contributed by atoms with Crippen molar-refractivity contribution in [2.45, 2.75) is 132 Å². The van der Waals surface area contributed by atoms with E-state index in [9.17, 15) is 9.90 Å². The van der Waals surface area contributed by atoms with Crippen molar-refractivity contribution in [2.75, 3.05) is 26.8 Å². The van der Waals surface area contributed by atoms with E-state index in [4.69, 9.17) is 9.47 Å². The number of hydrogen-bond acceptors (Lipinski definition) is 5. The molecule has 0 aromatic heterocycles. The first-order valence-corrected chi connectivity index (χ1v) is 17.9. The molecule has 0 radical (unpaired) electrons. The van der Waals surface area contributed by atoms with Gasteiger partial charge in [-0.3, -0.25) is 4.79 Å². The van der Waals surface area contributed by atoms with Crippen LogP contribution in [0.5, 0.6) is 0 Å². The zero-order chi connectivity index (χ0) is 31.6. The minimum absolute atomic E-state index is 0.0445. The Kier molecular flexibility index (Phi) is 9.11. The monoisotopic (exact) mass is 599 g/mol. The highest BCUT2D eigenvalue weighted by atomic mass is 16.5. The molecule has 246 valence electrons. The third-order valence-corrected chi connectivity index (χ3v) is 14.9. The van der Waals surface area contributed by atoms with Gasteiger partial charge in [0, 0.05) is 6.54 Å². The van der Waals surface area contributed by atoms with Gasteiger partial charge in [-0.05, 0) is 121 Å². The van der Waals surface area contributed by atoms with Gasteiger partial charge in [0.1, 0.15) is 0 Å². The highest BCUT2D eigenvalue weighted by Gasteiger charge is 2.69.